The highest BCUT2D eigenvalue weighted by atomic mass is 35.5. The van der Waals surface area contributed by atoms with Gasteiger partial charge in [-0.1, -0.05) is 17.7 Å². The lowest BCUT2D eigenvalue weighted by Crippen LogP contribution is -2.16. The Morgan fingerprint density at radius 1 is 1.27 bits per heavy atom. The molecule has 0 fully saturated rings. The van der Waals surface area contributed by atoms with E-state index in [1.807, 2.05) is 0 Å². The van der Waals surface area contributed by atoms with Crippen LogP contribution in [0.2, 0.25) is 5.02 Å². The molecule has 0 aliphatic heterocycles. The van der Waals surface area contributed by atoms with Gasteiger partial charge >= 0.3 is 6.18 Å². The van der Waals surface area contributed by atoms with Crippen LogP contribution >= 0.6 is 11.6 Å². The molecule has 3 rings (SSSR count). The van der Waals surface area contributed by atoms with Gasteiger partial charge in [0.05, 0.1) is 16.9 Å². The maximum Gasteiger partial charge on any atom is 0.435 e. The molecule has 1 aliphatic rings. The van der Waals surface area contributed by atoms with Crippen LogP contribution in [0.5, 0.6) is 0 Å². The Morgan fingerprint density at radius 2 is 2.00 bits per heavy atom. The van der Waals surface area contributed by atoms with Gasteiger partial charge in [0, 0.05) is 11.4 Å². The molecule has 0 atom stereocenters. The van der Waals surface area contributed by atoms with Crippen LogP contribution in [0.3, 0.4) is 0 Å². The fourth-order valence-electron chi connectivity index (χ4n) is 2.74. The molecule has 116 valence electrons. The third kappa shape index (κ3) is 2.31. The van der Waals surface area contributed by atoms with E-state index in [0.29, 0.717) is 34.8 Å². The first-order valence-corrected chi connectivity index (χ1v) is 7.16. The van der Waals surface area contributed by atoms with Crippen molar-refractivity contribution in [3.05, 3.63) is 45.7 Å². The van der Waals surface area contributed by atoms with Crippen LogP contribution in [-0.2, 0) is 12.6 Å². The van der Waals surface area contributed by atoms with Crippen molar-refractivity contribution >= 4 is 17.4 Å². The number of alkyl halides is 3. The SMILES string of the molecule is Cc1c(Cl)cccc1-n1nc(C(F)(F)F)c2c1CCCC2=O. The van der Waals surface area contributed by atoms with Crippen LogP contribution in [0, 0.1) is 6.92 Å². The summed E-state index contributed by atoms with van der Waals surface area (Å²) in [7, 11) is 0. The van der Waals surface area contributed by atoms with Crippen molar-refractivity contribution in [1.29, 1.82) is 0 Å². The van der Waals surface area contributed by atoms with Gasteiger partial charge in [-0.2, -0.15) is 18.3 Å². The number of hydrogen-bond donors (Lipinski definition) is 0. The standard InChI is InChI=1S/C15H12ClF3N2O/c1-8-9(16)4-2-5-10(8)21-11-6-3-7-12(22)13(11)14(20-21)15(17,18)19/h2,4-5H,3,6-7H2,1H3. The molecule has 0 radical (unpaired) electrons. The smallest absolute Gasteiger partial charge is 0.294 e. The maximum absolute atomic E-state index is 13.2. The van der Waals surface area contributed by atoms with E-state index in [4.69, 9.17) is 11.6 Å². The van der Waals surface area contributed by atoms with Crippen LogP contribution in [0.15, 0.2) is 18.2 Å². The fraction of sp³-hybridized carbons (Fsp3) is 0.333. The summed E-state index contributed by atoms with van der Waals surface area (Å²) in [6.07, 6.45) is -3.63. The summed E-state index contributed by atoms with van der Waals surface area (Å²) < 4.78 is 40.8. The summed E-state index contributed by atoms with van der Waals surface area (Å²) in [6.45, 7) is 1.71. The fourth-order valence-corrected chi connectivity index (χ4v) is 2.91. The number of Topliss-reactive ketones (excluding diaryl/α,β-unsaturated/α-hetero) is 1. The first-order chi connectivity index (χ1) is 10.3. The number of rotatable bonds is 1. The molecule has 1 aromatic heterocycles. The van der Waals surface area contributed by atoms with Gasteiger partial charge in [0.1, 0.15) is 0 Å². The molecular formula is C15H12ClF3N2O. The number of ketones is 1. The number of hydrogen-bond acceptors (Lipinski definition) is 2. The average Bonchev–Trinajstić information content (AvgIpc) is 2.83. The molecule has 0 unspecified atom stereocenters. The number of carbonyl (C=O) groups is 1. The molecule has 0 saturated carbocycles. The third-order valence-corrected chi connectivity index (χ3v) is 4.22. The first kappa shape index (κ1) is 15.1. The Kier molecular flexibility index (Phi) is 3.51. The molecule has 2 aromatic rings. The quantitative estimate of drug-likeness (QED) is 0.779. The predicted molar refractivity (Wildman–Crippen MR) is 75.6 cm³/mol. The highest BCUT2D eigenvalue weighted by Crippen LogP contribution is 2.37. The van der Waals surface area contributed by atoms with E-state index < -0.39 is 17.7 Å². The Balaban J connectivity index is 2.30. The summed E-state index contributed by atoms with van der Waals surface area (Å²) in [6, 6.07) is 4.95. The molecule has 0 spiro atoms. The zero-order valence-corrected chi connectivity index (χ0v) is 12.4. The van der Waals surface area contributed by atoms with E-state index in [-0.39, 0.29) is 12.0 Å². The van der Waals surface area contributed by atoms with Crippen molar-refractivity contribution in [1.82, 2.24) is 9.78 Å². The van der Waals surface area contributed by atoms with E-state index in [0.717, 1.165) is 0 Å². The predicted octanol–water partition coefficient (Wildman–Crippen LogP) is 4.37. The number of aromatic nitrogens is 2. The van der Waals surface area contributed by atoms with Gasteiger partial charge in [0.15, 0.2) is 11.5 Å². The Hall–Kier alpha value is -1.82. The number of halogens is 4. The zero-order chi connectivity index (χ0) is 16.1. The van der Waals surface area contributed by atoms with Crippen molar-refractivity contribution in [2.75, 3.05) is 0 Å². The molecule has 3 nitrogen and oxygen atoms in total. The second kappa shape index (κ2) is 5.12. The maximum atomic E-state index is 13.2. The van der Waals surface area contributed by atoms with Crippen molar-refractivity contribution in [3.8, 4) is 5.69 Å². The van der Waals surface area contributed by atoms with Gasteiger partial charge < -0.3 is 0 Å². The first-order valence-electron chi connectivity index (χ1n) is 6.78. The normalized spacial score (nSPS) is 15.0. The van der Waals surface area contributed by atoms with E-state index in [1.54, 1.807) is 25.1 Å². The lowest BCUT2D eigenvalue weighted by atomic mass is 9.94. The molecule has 0 saturated heterocycles. The Morgan fingerprint density at radius 3 is 2.68 bits per heavy atom. The molecule has 1 aromatic carbocycles. The minimum atomic E-state index is -4.66. The van der Waals surface area contributed by atoms with Gasteiger partial charge in [-0.3, -0.25) is 4.79 Å². The molecule has 1 heterocycles. The number of nitrogens with zero attached hydrogens (tertiary/aromatic N) is 2. The molecule has 0 amide bonds. The summed E-state index contributed by atoms with van der Waals surface area (Å²) in [4.78, 5) is 12.0. The third-order valence-electron chi connectivity index (χ3n) is 3.81. The average molecular weight is 329 g/mol. The molecule has 1 aliphatic carbocycles. The topological polar surface area (TPSA) is 34.9 Å². The van der Waals surface area contributed by atoms with E-state index >= 15 is 0 Å². The van der Waals surface area contributed by atoms with Crippen molar-refractivity contribution in [3.63, 3.8) is 0 Å². The highest BCUT2D eigenvalue weighted by molar-refractivity contribution is 6.31. The number of fused-ring (bicyclic) bond motifs is 1. The van der Waals surface area contributed by atoms with Crippen molar-refractivity contribution in [2.24, 2.45) is 0 Å². The summed E-state index contributed by atoms with van der Waals surface area (Å²) in [5.41, 5.74) is 0.00815. The summed E-state index contributed by atoms with van der Waals surface area (Å²) >= 11 is 6.04. The van der Waals surface area contributed by atoms with Crippen LogP contribution in [0.4, 0.5) is 13.2 Å². The summed E-state index contributed by atoms with van der Waals surface area (Å²) in [5, 5.41) is 4.14. The second-order valence-corrected chi connectivity index (χ2v) is 5.65. The van der Waals surface area contributed by atoms with Crippen LogP contribution in [-0.4, -0.2) is 15.6 Å². The Bertz CT molecular complexity index is 765. The zero-order valence-electron chi connectivity index (χ0n) is 11.7. The molecule has 0 N–H and O–H groups in total. The van der Waals surface area contributed by atoms with Crippen LogP contribution in [0.1, 0.15) is 40.2 Å². The van der Waals surface area contributed by atoms with Gasteiger partial charge in [-0.15, -0.1) is 0 Å². The minimum absolute atomic E-state index is 0.121. The molecule has 7 heteroatoms. The van der Waals surface area contributed by atoms with Gasteiger partial charge in [-0.25, -0.2) is 4.68 Å². The number of carbonyl (C=O) groups excluding carboxylic acids is 1. The molecule has 0 bridgehead atoms. The number of benzene rings is 1. The minimum Gasteiger partial charge on any atom is -0.294 e. The van der Waals surface area contributed by atoms with Gasteiger partial charge in [0.2, 0.25) is 0 Å². The summed E-state index contributed by atoms with van der Waals surface area (Å²) in [5.74, 6) is -0.500. The molecule has 22 heavy (non-hydrogen) atoms. The second-order valence-electron chi connectivity index (χ2n) is 5.24. The Labute approximate surface area is 129 Å². The van der Waals surface area contributed by atoms with E-state index in [9.17, 15) is 18.0 Å². The van der Waals surface area contributed by atoms with Crippen LogP contribution in [0.25, 0.3) is 5.69 Å². The molecular weight excluding hydrogens is 317 g/mol. The monoisotopic (exact) mass is 328 g/mol. The van der Waals surface area contributed by atoms with E-state index in [1.165, 1.54) is 4.68 Å². The largest absolute Gasteiger partial charge is 0.435 e. The van der Waals surface area contributed by atoms with Gasteiger partial charge in [-0.05, 0) is 37.5 Å². The van der Waals surface area contributed by atoms with Crippen molar-refractivity contribution < 1.29 is 18.0 Å². The van der Waals surface area contributed by atoms with Gasteiger partial charge in [0.25, 0.3) is 0 Å². The lowest BCUT2D eigenvalue weighted by Gasteiger charge is -2.15. The van der Waals surface area contributed by atoms with Crippen LogP contribution < -0.4 is 0 Å². The highest BCUT2D eigenvalue weighted by Gasteiger charge is 2.42. The van der Waals surface area contributed by atoms with E-state index in [2.05, 4.69) is 5.10 Å². The lowest BCUT2D eigenvalue weighted by molar-refractivity contribution is -0.141. The van der Waals surface area contributed by atoms with Crippen molar-refractivity contribution in [2.45, 2.75) is 32.4 Å².